The molecule has 2 aromatic carbocycles. The molecule has 0 aromatic heterocycles. The summed E-state index contributed by atoms with van der Waals surface area (Å²) in [6, 6.07) is 12.3. The highest BCUT2D eigenvalue weighted by Gasteiger charge is 2.79. The molecule has 4 fully saturated rings. The zero-order chi connectivity index (χ0) is 37.5. The van der Waals surface area contributed by atoms with Crippen LogP contribution in [0.1, 0.15) is 94.7 Å². The van der Waals surface area contributed by atoms with Gasteiger partial charge in [-0.15, -0.1) is 0 Å². The number of fused-ring (bicyclic) bond motifs is 4. The van der Waals surface area contributed by atoms with Gasteiger partial charge in [0.05, 0.1) is 35.1 Å². The molecule has 13 heteroatoms. The molecule has 4 aliphatic carbocycles. The van der Waals surface area contributed by atoms with Crippen LogP contribution in [0.4, 0.5) is 22.0 Å². The Morgan fingerprint density at radius 1 is 0.923 bits per heavy atom. The zero-order valence-corrected chi connectivity index (χ0v) is 30.9. The second kappa shape index (κ2) is 12.9. The number of hydrogen-bond acceptors (Lipinski definition) is 6. The van der Waals surface area contributed by atoms with Crippen LogP contribution in [0.15, 0.2) is 58.8 Å². The fraction of sp³-hybridized carbons (Fsp3) is 0.615. The van der Waals surface area contributed by atoms with Gasteiger partial charge in [-0.25, -0.2) is 0 Å². The highest BCUT2D eigenvalue weighted by molar-refractivity contribution is 6.42. The van der Waals surface area contributed by atoms with E-state index < -0.39 is 58.7 Å². The Morgan fingerprint density at radius 3 is 2.27 bits per heavy atom. The van der Waals surface area contributed by atoms with E-state index in [4.69, 9.17) is 37.5 Å². The van der Waals surface area contributed by atoms with E-state index in [1.807, 2.05) is 26.0 Å². The van der Waals surface area contributed by atoms with E-state index in [1.165, 1.54) is 13.1 Å². The summed E-state index contributed by atoms with van der Waals surface area (Å²) in [7, 11) is 0. The van der Waals surface area contributed by atoms with Crippen molar-refractivity contribution in [2.75, 3.05) is 13.2 Å². The molecule has 1 aliphatic heterocycles. The monoisotopic (exact) mass is 771 g/mol. The average molecular weight is 773 g/mol. The van der Waals surface area contributed by atoms with Crippen LogP contribution in [-0.4, -0.2) is 58.7 Å². The van der Waals surface area contributed by atoms with Gasteiger partial charge in [0.25, 0.3) is 0 Å². The summed E-state index contributed by atoms with van der Waals surface area (Å²) in [6.07, 6.45) is -3.40. The Labute approximate surface area is 310 Å². The summed E-state index contributed by atoms with van der Waals surface area (Å²) in [5.74, 6) is -7.92. The number of halogens is 7. The van der Waals surface area contributed by atoms with Crippen molar-refractivity contribution in [3.8, 4) is 0 Å². The summed E-state index contributed by atoms with van der Waals surface area (Å²) in [5.41, 5.74) is -2.69. The van der Waals surface area contributed by atoms with E-state index in [0.717, 1.165) is 16.7 Å². The molecule has 6 atom stereocenters. The molecule has 0 amide bonds. The van der Waals surface area contributed by atoms with Crippen molar-refractivity contribution in [3.05, 3.63) is 80.3 Å². The van der Waals surface area contributed by atoms with Gasteiger partial charge in [-0.1, -0.05) is 85.0 Å². The Bertz CT molecular complexity index is 1760. The number of aliphatic hydroxyl groups is 2. The summed E-state index contributed by atoms with van der Waals surface area (Å²) < 4.78 is 85.4. The smallest absolute Gasteiger partial charge is 0.391 e. The van der Waals surface area contributed by atoms with Crippen molar-refractivity contribution < 1.29 is 46.5 Å². The molecule has 3 saturated carbocycles. The molecular formula is C39H44Cl2F5NO5. The lowest BCUT2D eigenvalue weighted by atomic mass is 9.49. The van der Waals surface area contributed by atoms with Crippen molar-refractivity contribution in [1.82, 2.24) is 0 Å². The summed E-state index contributed by atoms with van der Waals surface area (Å²) in [5, 5.41) is 28.9. The molecule has 1 spiro atoms. The maximum atomic E-state index is 15.4. The van der Waals surface area contributed by atoms with Crippen LogP contribution in [0.5, 0.6) is 0 Å². The van der Waals surface area contributed by atoms with Crippen LogP contribution < -0.4 is 0 Å². The number of hydrogen-bond donors (Lipinski definition) is 2. The predicted octanol–water partition coefficient (Wildman–Crippen LogP) is 9.77. The van der Waals surface area contributed by atoms with Crippen LogP contribution >= 0.6 is 23.2 Å². The lowest BCUT2D eigenvalue weighted by Gasteiger charge is -2.59. The number of rotatable bonds is 6. The van der Waals surface area contributed by atoms with Crippen molar-refractivity contribution >= 4 is 29.4 Å². The molecule has 0 unspecified atom stereocenters. The minimum absolute atomic E-state index is 0.0220. The first-order valence-electron chi connectivity index (χ1n) is 17.8. The van der Waals surface area contributed by atoms with Gasteiger partial charge in [-0.05, 0) is 84.8 Å². The molecule has 6 nitrogen and oxygen atoms in total. The lowest BCUT2D eigenvalue weighted by molar-refractivity contribution is -0.362. The van der Waals surface area contributed by atoms with Crippen molar-refractivity contribution in [2.45, 2.75) is 114 Å². The van der Waals surface area contributed by atoms with E-state index >= 15 is 8.78 Å². The van der Waals surface area contributed by atoms with Crippen LogP contribution in [0.25, 0.3) is 0 Å². The predicted molar refractivity (Wildman–Crippen MR) is 186 cm³/mol. The van der Waals surface area contributed by atoms with Gasteiger partial charge in [0.15, 0.2) is 5.79 Å². The molecule has 2 aromatic rings. The van der Waals surface area contributed by atoms with E-state index in [-0.39, 0.29) is 31.3 Å². The van der Waals surface area contributed by atoms with Gasteiger partial charge in [-0.2, -0.15) is 22.0 Å². The van der Waals surface area contributed by atoms with E-state index in [9.17, 15) is 23.4 Å². The van der Waals surface area contributed by atoms with Crippen LogP contribution in [-0.2, 0) is 20.9 Å². The first kappa shape index (κ1) is 38.0. The Morgan fingerprint density at radius 2 is 1.62 bits per heavy atom. The average Bonchev–Trinajstić information content (AvgIpc) is 3.36. The minimum Gasteiger partial charge on any atom is -0.391 e. The molecule has 52 heavy (non-hydrogen) atoms. The first-order valence-corrected chi connectivity index (χ1v) is 18.6. The summed E-state index contributed by atoms with van der Waals surface area (Å²) in [4.78, 5) is 5.43. The largest absolute Gasteiger partial charge is 0.456 e. The summed E-state index contributed by atoms with van der Waals surface area (Å²) >= 11 is 12.0. The number of oxime groups is 1. The second-order valence-corrected chi connectivity index (χ2v) is 17.4. The van der Waals surface area contributed by atoms with Gasteiger partial charge < -0.3 is 24.5 Å². The van der Waals surface area contributed by atoms with Gasteiger partial charge in [0.2, 0.25) is 0 Å². The normalized spacial score (nSPS) is 34.3. The van der Waals surface area contributed by atoms with E-state index in [2.05, 4.69) is 5.16 Å². The number of alkyl halides is 5. The highest BCUT2D eigenvalue weighted by atomic mass is 35.5. The number of ether oxygens (including phenoxy) is 2. The van der Waals surface area contributed by atoms with Crippen molar-refractivity contribution in [3.63, 3.8) is 0 Å². The molecular weight excluding hydrogens is 728 g/mol. The molecule has 5 aliphatic rings. The maximum absolute atomic E-state index is 15.4. The molecule has 2 N–H and O–H groups in total. The fourth-order valence-corrected chi connectivity index (χ4v) is 10.3. The Kier molecular flexibility index (Phi) is 9.43. The third-order valence-corrected chi connectivity index (χ3v) is 13.5. The van der Waals surface area contributed by atoms with Gasteiger partial charge >= 0.3 is 12.1 Å². The van der Waals surface area contributed by atoms with Crippen LogP contribution in [0.3, 0.4) is 0 Å². The zero-order valence-electron chi connectivity index (χ0n) is 29.3. The quantitative estimate of drug-likeness (QED) is 0.132. The molecule has 284 valence electrons. The lowest BCUT2D eigenvalue weighted by Crippen LogP contribution is -2.65. The van der Waals surface area contributed by atoms with Gasteiger partial charge in [-0.3, -0.25) is 0 Å². The number of nitrogens with zero attached hydrogens (tertiary/aromatic N) is 1. The SMILES string of the molecule is CC1(C)COC2(CCC3=C4[C@@H](CC[C@@]3(O)C2)[C@@H]2CC[C@@](O)(C(F)(F)C(F)(F)F)[C@@]2(C)C[C@@H]4c2ccc(C=NOCc3ccc(Cl)c(Cl)c3)cc2)OC1. The maximum Gasteiger partial charge on any atom is 0.456 e. The third-order valence-electron chi connectivity index (χ3n) is 12.7. The van der Waals surface area contributed by atoms with Crippen LogP contribution in [0, 0.1) is 22.7 Å². The molecule has 0 radical (unpaired) electrons. The van der Waals surface area contributed by atoms with Crippen molar-refractivity contribution in [1.29, 1.82) is 0 Å². The van der Waals surface area contributed by atoms with E-state index in [1.54, 1.807) is 30.3 Å². The third kappa shape index (κ3) is 6.19. The topological polar surface area (TPSA) is 80.5 Å². The molecule has 1 heterocycles. The Hall–Kier alpha value is -2.28. The molecule has 0 bridgehead atoms. The van der Waals surface area contributed by atoms with Gasteiger partial charge in [0, 0.05) is 29.6 Å². The highest BCUT2D eigenvalue weighted by Crippen LogP contribution is 2.71. The van der Waals surface area contributed by atoms with Crippen molar-refractivity contribution in [2.24, 2.45) is 27.8 Å². The number of benzene rings is 2. The van der Waals surface area contributed by atoms with Crippen LogP contribution in [0.2, 0.25) is 10.0 Å². The fourth-order valence-electron chi connectivity index (χ4n) is 9.96. The van der Waals surface area contributed by atoms with Gasteiger partial charge in [0.1, 0.15) is 12.2 Å². The number of allylic oxidation sites excluding steroid dienone is 1. The second-order valence-electron chi connectivity index (χ2n) is 16.6. The molecule has 1 saturated heterocycles. The first-order chi connectivity index (χ1) is 24.2. The van der Waals surface area contributed by atoms with E-state index in [0.29, 0.717) is 60.1 Å². The Balaban J connectivity index is 1.22. The standard InChI is InChI=1S/C39H44Cl2F5NO5/c1-33(2)21-50-36(51-22-33)14-11-29-32-26(10-13-35(29,48)20-36)28-12-15-37(49,38(42,43)39(44,45)46)34(28,3)17-27(32)25-7-4-23(5-8-25)18-47-52-19-24-6-9-30(40)31(41)16-24/h4-9,16,18,26-28,48-49H,10-15,17,19-22H2,1-3H3/t26-,27+,28-,34-,35+,37-/m0/s1. The minimum atomic E-state index is -5.92. The summed E-state index contributed by atoms with van der Waals surface area (Å²) in [6.45, 7) is 6.60. The molecule has 7 rings (SSSR count).